The van der Waals surface area contributed by atoms with E-state index in [-0.39, 0.29) is 20.3 Å². The van der Waals surface area contributed by atoms with Gasteiger partial charge in [-0.15, -0.1) is 0 Å². The molecule has 1 atom stereocenters. The average Bonchev–Trinajstić information content (AvgIpc) is 1.65. The molecule has 0 saturated carbocycles. The van der Waals surface area contributed by atoms with Crippen molar-refractivity contribution >= 4 is 5.97 Å². The summed E-state index contributed by atoms with van der Waals surface area (Å²) in [6, 6.07) is -0.681. The van der Waals surface area contributed by atoms with E-state index in [4.69, 9.17) is 10.8 Å². The van der Waals surface area contributed by atoms with E-state index in [1.165, 1.54) is 0 Å². The average molecular weight is 111 g/mol. The van der Waals surface area contributed by atoms with Crippen LogP contribution in [-0.2, 0) is 4.79 Å². The maximum Gasteiger partial charge on any atom is 1.00 e. The number of carboxylic acids is 1. The monoisotopic (exact) mass is 111 g/mol. The molecule has 1 unspecified atom stereocenters. The third-order valence-corrected chi connectivity index (χ3v) is 0.757. The number of rotatable bonds is 2. The number of hydrogen-bond donors (Lipinski definition) is 2. The van der Waals surface area contributed by atoms with Gasteiger partial charge in [0.25, 0.3) is 0 Å². The summed E-state index contributed by atoms with van der Waals surface area (Å²) in [6.07, 6.45) is 0.495. The molecule has 0 rings (SSSR count). The maximum atomic E-state index is 9.81. The Kier molecular flexibility index (Phi) is 7.05. The minimum absolute atomic E-state index is 0. The number of carboxylic acid groups (broad SMARTS) is 1. The number of carbonyl (C=O) groups is 1. The summed E-state index contributed by atoms with van der Waals surface area (Å²) in [7, 11) is 0. The topological polar surface area (TPSA) is 63.3 Å². The van der Waals surface area contributed by atoms with Crippen molar-refractivity contribution in [3.05, 3.63) is 0 Å². The summed E-state index contributed by atoms with van der Waals surface area (Å²) >= 11 is 0. The summed E-state index contributed by atoms with van der Waals surface area (Å²) in [4.78, 5) is 9.81. The van der Waals surface area contributed by atoms with Crippen molar-refractivity contribution in [3.8, 4) is 0 Å². The van der Waals surface area contributed by atoms with Crippen LogP contribution in [0.2, 0.25) is 0 Å². The van der Waals surface area contributed by atoms with Gasteiger partial charge in [0.15, 0.2) is 0 Å². The van der Waals surface area contributed by atoms with E-state index >= 15 is 0 Å². The van der Waals surface area contributed by atoms with Gasteiger partial charge in [-0.05, 0) is 6.42 Å². The van der Waals surface area contributed by atoms with Crippen molar-refractivity contribution in [2.24, 2.45) is 5.73 Å². The van der Waals surface area contributed by atoms with Gasteiger partial charge in [-0.25, -0.2) is 0 Å². The molecule has 0 aliphatic rings. The minimum atomic E-state index is -0.928. The Morgan fingerprint density at radius 2 is 2.38 bits per heavy atom. The summed E-state index contributed by atoms with van der Waals surface area (Å²) < 4.78 is 0. The van der Waals surface area contributed by atoms with Gasteiger partial charge < -0.3 is 12.3 Å². The molecule has 0 radical (unpaired) electrons. The van der Waals surface area contributed by atoms with Crippen LogP contribution < -0.4 is 24.6 Å². The molecular weight excluding hydrogens is 101 g/mol. The number of aliphatic carboxylic acids is 1. The smallest absolute Gasteiger partial charge is 1.00 e. The second kappa shape index (κ2) is 5.17. The van der Waals surface area contributed by atoms with E-state index < -0.39 is 12.0 Å². The molecule has 0 aliphatic heterocycles. The molecule has 0 aromatic heterocycles. The van der Waals surface area contributed by atoms with Crippen molar-refractivity contribution in [1.29, 1.82) is 0 Å². The Morgan fingerprint density at radius 3 is 2.38 bits per heavy atom. The van der Waals surface area contributed by atoms with Crippen molar-refractivity contribution in [2.75, 3.05) is 0 Å². The fourth-order valence-electron chi connectivity index (χ4n) is 0.175. The van der Waals surface area contributed by atoms with Crippen LogP contribution in [0.15, 0.2) is 0 Å². The number of nitrogens with two attached hydrogens (primary N) is 1. The van der Waals surface area contributed by atoms with Crippen molar-refractivity contribution < 1.29 is 30.2 Å². The molecule has 0 aromatic rings. The van der Waals surface area contributed by atoms with Crippen LogP contribution in [0.4, 0.5) is 0 Å². The Bertz CT molecular complexity index is 81.0. The standard InChI is InChI=1S/C4H9NO2.Li.H/c1-2-3(5)4(6)7;;/h3H,2,5H2,1H3,(H,6,7);;/q;+1;-1. The van der Waals surface area contributed by atoms with Crippen LogP contribution >= 0.6 is 0 Å². The van der Waals surface area contributed by atoms with E-state index in [0.717, 1.165) is 0 Å². The predicted molar refractivity (Wildman–Crippen MR) is 27.0 cm³/mol. The van der Waals surface area contributed by atoms with Crippen LogP contribution in [0.3, 0.4) is 0 Å². The van der Waals surface area contributed by atoms with Crippen LogP contribution in [0.1, 0.15) is 14.8 Å². The van der Waals surface area contributed by atoms with Gasteiger partial charge in [0.1, 0.15) is 6.04 Å². The molecule has 44 valence electrons. The van der Waals surface area contributed by atoms with Crippen LogP contribution in [0.25, 0.3) is 0 Å². The maximum absolute atomic E-state index is 9.81. The first-order chi connectivity index (χ1) is 3.18. The quantitative estimate of drug-likeness (QED) is 0.371. The third kappa shape index (κ3) is 4.19. The number of hydrogen-bond acceptors (Lipinski definition) is 2. The molecule has 0 amide bonds. The Labute approximate surface area is 61.9 Å². The zero-order chi connectivity index (χ0) is 5.86. The molecule has 0 aromatic carbocycles. The fourth-order valence-corrected chi connectivity index (χ4v) is 0.175. The van der Waals surface area contributed by atoms with E-state index in [1.807, 2.05) is 0 Å². The second-order valence-electron chi connectivity index (χ2n) is 1.35. The van der Waals surface area contributed by atoms with Crippen molar-refractivity contribution in [1.82, 2.24) is 0 Å². The molecular formula is C4H10LiNO2. The summed E-state index contributed by atoms with van der Waals surface area (Å²) in [5.41, 5.74) is 5.02. The minimum Gasteiger partial charge on any atom is -1.00 e. The van der Waals surface area contributed by atoms with E-state index in [0.29, 0.717) is 6.42 Å². The first-order valence-electron chi connectivity index (χ1n) is 2.17. The molecule has 0 fully saturated rings. The molecule has 3 N–H and O–H groups in total. The zero-order valence-electron chi connectivity index (χ0n) is 6.22. The van der Waals surface area contributed by atoms with Crippen LogP contribution in [-0.4, -0.2) is 17.1 Å². The molecule has 0 aliphatic carbocycles. The molecule has 0 saturated heterocycles. The summed E-state index contributed by atoms with van der Waals surface area (Å²) in [5.74, 6) is -0.928. The molecule has 3 nitrogen and oxygen atoms in total. The second-order valence-corrected chi connectivity index (χ2v) is 1.35. The molecule has 8 heavy (non-hydrogen) atoms. The van der Waals surface area contributed by atoms with Gasteiger partial charge in [-0.3, -0.25) is 4.79 Å². The molecule has 0 spiro atoms. The van der Waals surface area contributed by atoms with E-state index in [2.05, 4.69) is 0 Å². The summed E-state index contributed by atoms with van der Waals surface area (Å²) in [5, 5.41) is 8.06. The zero-order valence-corrected chi connectivity index (χ0v) is 5.22. The third-order valence-electron chi connectivity index (χ3n) is 0.757. The SMILES string of the molecule is CCC(N)C(=O)O.[H-].[Li+]. The normalized spacial score (nSPS) is 11.8. The predicted octanol–water partition coefficient (Wildman–Crippen LogP) is -3.08. The first-order valence-corrected chi connectivity index (χ1v) is 2.17. The largest absolute Gasteiger partial charge is 1.00 e. The van der Waals surface area contributed by atoms with Crippen molar-refractivity contribution in [2.45, 2.75) is 19.4 Å². The Balaban J connectivity index is -0.000000180. The fraction of sp³-hybridized carbons (Fsp3) is 0.750. The van der Waals surface area contributed by atoms with E-state index in [9.17, 15) is 4.79 Å². The van der Waals surface area contributed by atoms with Gasteiger partial charge in [-0.2, -0.15) is 0 Å². The van der Waals surface area contributed by atoms with Crippen molar-refractivity contribution in [3.63, 3.8) is 0 Å². The molecule has 0 heterocycles. The van der Waals surface area contributed by atoms with Crippen LogP contribution in [0.5, 0.6) is 0 Å². The van der Waals surface area contributed by atoms with Crippen LogP contribution in [0, 0.1) is 0 Å². The first kappa shape index (κ1) is 10.9. The van der Waals surface area contributed by atoms with Gasteiger partial charge in [0.2, 0.25) is 0 Å². The molecule has 4 heteroatoms. The summed E-state index contributed by atoms with van der Waals surface area (Å²) in [6.45, 7) is 1.73. The van der Waals surface area contributed by atoms with Gasteiger partial charge >= 0.3 is 24.8 Å². The Morgan fingerprint density at radius 1 is 2.00 bits per heavy atom. The Hall–Kier alpha value is 0.0274. The van der Waals surface area contributed by atoms with Gasteiger partial charge in [0.05, 0.1) is 0 Å². The molecule has 0 bridgehead atoms. The van der Waals surface area contributed by atoms with E-state index in [1.54, 1.807) is 6.92 Å². The van der Waals surface area contributed by atoms with Gasteiger partial charge in [-0.1, -0.05) is 6.92 Å². The van der Waals surface area contributed by atoms with Gasteiger partial charge in [0, 0.05) is 0 Å².